The zero-order valence-electron chi connectivity index (χ0n) is 14.6. The van der Waals surface area contributed by atoms with Crippen LogP contribution in [0.3, 0.4) is 0 Å². The number of hydrogen-bond donors (Lipinski definition) is 1. The van der Waals surface area contributed by atoms with Gasteiger partial charge in [0.2, 0.25) is 0 Å². The highest BCUT2D eigenvalue weighted by Gasteiger charge is 2.25. The lowest BCUT2D eigenvalue weighted by molar-refractivity contribution is 0.0856. The number of hydrogen-bond acceptors (Lipinski definition) is 4. The highest BCUT2D eigenvalue weighted by atomic mass is 15.3. The Morgan fingerprint density at radius 2 is 1.57 bits per heavy atom. The van der Waals surface area contributed by atoms with Crippen molar-refractivity contribution in [3.8, 4) is 0 Å². The maximum absolute atomic E-state index is 3.89. The molecule has 4 heteroatoms. The van der Waals surface area contributed by atoms with E-state index < -0.39 is 0 Å². The van der Waals surface area contributed by atoms with Crippen molar-refractivity contribution < 1.29 is 0 Å². The molecule has 0 saturated carbocycles. The molecule has 124 valence electrons. The van der Waals surface area contributed by atoms with Gasteiger partial charge < -0.3 is 15.1 Å². The molecule has 4 nitrogen and oxygen atoms in total. The average Bonchev–Trinajstić information content (AvgIpc) is 2.65. The van der Waals surface area contributed by atoms with E-state index in [1.54, 1.807) is 0 Å². The molecule has 0 bridgehead atoms. The van der Waals surface area contributed by atoms with Crippen LogP contribution in [0.4, 0.5) is 0 Å². The summed E-state index contributed by atoms with van der Waals surface area (Å²) in [6, 6.07) is 1.42. The van der Waals surface area contributed by atoms with Crippen molar-refractivity contribution in [1.29, 1.82) is 0 Å². The van der Waals surface area contributed by atoms with Gasteiger partial charge in [0, 0.05) is 44.8 Å². The molecule has 2 rings (SSSR count). The summed E-state index contributed by atoms with van der Waals surface area (Å²) < 4.78 is 0. The monoisotopic (exact) mass is 296 g/mol. The van der Waals surface area contributed by atoms with Crippen LogP contribution in [0.25, 0.3) is 0 Å². The van der Waals surface area contributed by atoms with Crippen molar-refractivity contribution in [1.82, 2.24) is 20.0 Å². The van der Waals surface area contributed by atoms with Crippen LogP contribution in [-0.4, -0.2) is 86.7 Å². The van der Waals surface area contributed by atoms with E-state index in [0.717, 1.165) is 18.5 Å². The molecule has 2 unspecified atom stereocenters. The van der Waals surface area contributed by atoms with Gasteiger partial charge >= 0.3 is 0 Å². The van der Waals surface area contributed by atoms with Crippen molar-refractivity contribution in [3.05, 3.63) is 0 Å². The zero-order valence-corrected chi connectivity index (χ0v) is 14.6. The first-order valence-corrected chi connectivity index (χ1v) is 8.90. The highest BCUT2D eigenvalue weighted by Crippen LogP contribution is 2.15. The molecular weight excluding hydrogens is 260 g/mol. The summed E-state index contributed by atoms with van der Waals surface area (Å²) in [5.41, 5.74) is 0. The molecule has 1 N–H and O–H groups in total. The van der Waals surface area contributed by atoms with Crippen LogP contribution in [-0.2, 0) is 0 Å². The Labute approximate surface area is 131 Å². The summed E-state index contributed by atoms with van der Waals surface area (Å²) in [6.07, 6.45) is 4.00. The number of rotatable bonds is 5. The molecule has 0 aromatic heterocycles. The van der Waals surface area contributed by atoms with Gasteiger partial charge in [0.15, 0.2) is 0 Å². The van der Waals surface area contributed by atoms with Crippen LogP contribution in [0.15, 0.2) is 0 Å². The van der Waals surface area contributed by atoms with Crippen LogP contribution in [0, 0.1) is 5.92 Å². The molecule has 2 saturated heterocycles. The van der Waals surface area contributed by atoms with E-state index in [1.165, 1.54) is 58.5 Å². The van der Waals surface area contributed by atoms with Gasteiger partial charge in [0.25, 0.3) is 0 Å². The predicted octanol–water partition coefficient (Wildman–Crippen LogP) is 1.33. The zero-order chi connectivity index (χ0) is 15.2. The predicted molar refractivity (Wildman–Crippen MR) is 90.8 cm³/mol. The van der Waals surface area contributed by atoms with Crippen LogP contribution < -0.4 is 5.32 Å². The maximum Gasteiger partial charge on any atom is 0.0244 e. The van der Waals surface area contributed by atoms with Crippen LogP contribution in [0.1, 0.15) is 33.1 Å². The molecular formula is C17H36N4. The van der Waals surface area contributed by atoms with E-state index in [-0.39, 0.29) is 0 Å². The third kappa shape index (κ3) is 5.51. The minimum Gasteiger partial charge on any atom is -0.312 e. The van der Waals surface area contributed by atoms with Crippen molar-refractivity contribution in [2.45, 2.75) is 45.2 Å². The number of likely N-dealkylation sites (N-methyl/N-ethyl adjacent to an activating group) is 1. The second-order valence-electron chi connectivity index (χ2n) is 7.49. The second-order valence-corrected chi connectivity index (χ2v) is 7.49. The van der Waals surface area contributed by atoms with Crippen molar-refractivity contribution in [2.24, 2.45) is 5.92 Å². The van der Waals surface area contributed by atoms with Crippen molar-refractivity contribution >= 4 is 0 Å². The largest absolute Gasteiger partial charge is 0.312 e. The Morgan fingerprint density at radius 3 is 2.24 bits per heavy atom. The molecule has 21 heavy (non-hydrogen) atoms. The van der Waals surface area contributed by atoms with Gasteiger partial charge in [0.05, 0.1) is 0 Å². The summed E-state index contributed by atoms with van der Waals surface area (Å²) in [4.78, 5) is 7.63. The Balaban J connectivity index is 1.79. The first-order chi connectivity index (χ1) is 10.1. The molecule has 2 aliphatic heterocycles. The van der Waals surface area contributed by atoms with E-state index in [1.807, 2.05) is 0 Å². The second kappa shape index (κ2) is 8.47. The molecule has 0 spiro atoms. The Hall–Kier alpha value is -0.160. The summed E-state index contributed by atoms with van der Waals surface area (Å²) in [5.74, 6) is 0.731. The summed E-state index contributed by atoms with van der Waals surface area (Å²) in [6.45, 7) is 13.3. The van der Waals surface area contributed by atoms with E-state index in [9.17, 15) is 0 Å². The molecule has 0 aromatic carbocycles. The van der Waals surface area contributed by atoms with Crippen molar-refractivity contribution in [3.63, 3.8) is 0 Å². The quantitative estimate of drug-likeness (QED) is 0.826. The third-order valence-electron chi connectivity index (χ3n) is 5.34. The van der Waals surface area contributed by atoms with Crippen molar-refractivity contribution in [2.75, 3.05) is 59.9 Å². The molecule has 2 aliphatic rings. The van der Waals surface area contributed by atoms with Gasteiger partial charge in [-0.1, -0.05) is 13.8 Å². The molecule has 2 fully saturated rings. The fourth-order valence-corrected chi connectivity index (χ4v) is 3.67. The molecule has 2 heterocycles. The molecule has 0 radical (unpaired) electrons. The van der Waals surface area contributed by atoms with Gasteiger partial charge in [-0.15, -0.1) is 0 Å². The molecule has 2 atom stereocenters. The summed E-state index contributed by atoms with van der Waals surface area (Å²) in [5, 5.41) is 3.89. The van der Waals surface area contributed by atoms with E-state index >= 15 is 0 Å². The number of piperazine rings is 1. The molecule has 0 aromatic rings. The first kappa shape index (κ1) is 17.2. The van der Waals surface area contributed by atoms with Crippen LogP contribution in [0.5, 0.6) is 0 Å². The van der Waals surface area contributed by atoms with Gasteiger partial charge in [0.1, 0.15) is 0 Å². The number of likely N-dealkylation sites (tertiary alicyclic amines) is 1. The van der Waals surface area contributed by atoms with Gasteiger partial charge in [-0.25, -0.2) is 0 Å². The standard InChI is InChI=1S/C17H36N4/c1-15(2)17(21-12-10-20(4)11-13-21)14-18-16-6-5-8-19(3)9-7-16/h15-18H,5-14H2,1-4H3. The first-order valence-electron chi connectivity index (χ1n) is 8.90. The Morgan fingerprint density at radius 1 is 0.905 bits per heavy atom. The van der Waals surface area contributed by atoms with Gasteiger partial charge in [-0.05, 0) is 52.4 Å². The topological polar surface area (TPSA) is 21.8 Å². The highest BCUT2D eigenvalue weighted by molar-refractivity contribution is 4.83. The Kier molecular flexibility index (Phi) is 6.93. The lowest BCUT2D eigenvalue weighted by Gasteiger charge is -2.40. The number of nitrogens with one attached hydrogen (secondary N) is 1. The van der Waals surface area contributed by atoms with E-state index in [2.05, 4.69) is 48.0 Å². The van der Waals surface area contributed by atoms with Crippen LogP contribution >= 0.6 is 0 Å². The number of nitrogens with zero attached hydrogens (tertiary/aromatic N) is 3. The molecule has 0 aliphatic carbocycles. The Bertz CT molecular complexity index is 287. The summed E-state index contributed by atoms with van der Waals surface area (Å²) in [7, 11) is 4.49. The fourth-order valence-electron chi connectivity index (χ4n) is 3.67. The average molecular weight is 297 g/mol. The minimum absolute atomic E-state index is 0.694. The summed E-state index contributed by atoms with van der Waals surface area (Å²) >= 11 is 0. The minimum atomic E-state index is 0.694. The fraction of sp³-hybridized carbons (Fsp3) is 1.00. The molecule has 0 amide bonds. The van der Waals surface area contributed by atoms with Gasteiger partial charge in [-0.3, -0.25) is 4.90 Å². The lowest BCUT2D eigenvalue weighted by atomic mass is 10.00. The van der Waals surface area contributed by atoms with E-state index in [0.29, 0.717) is 6.04 Å². The maximum atomic E-state index is 3.89. The van der Waals surface area contributed by atoms with Gasteiger partial charge in [-0.2, -0.15) is 0 Å². The lowest BCUT2D eigenvalue weighted by Crippen LogP contribution is -2.54. The van der Waals surface area contributed by atoms with Crippen LogP contribution in [0.2, 0.25) is 0 Å². The third-order valence-corrected chi connectivity index (χ3v) is 5.34. The SMILES string of the molecule is CC(C)C(CNC1CCCN(C)CC1)N1CCN(C)CC1. The normalized spacial score (nSPS) is 28.7. The van der Waals surface area contributed by atoms with E-state index in [4.69, 9.17) is 0 Å². The smallest absolute Gasteiger partial charge is 0.0244 e.